The second kappa shape index (κ2) is 14.9. The number of benzene rings is 2. The Kier molecular flexibility index (Phi) is 10.8. The average Bonchev–Trinajstić information content (AvgIpc) is 3.84. The lowest BCUT2D eigenvalue weighted by molar-refractivity contribution is -0.119. The molecule has 0 radical (unpaired) electrons. The van der Waals surface area contributed by atoms with E-state index in [9.17, 15) is 4.79 Å². The smallest absolute Gasteiger partial charge is 0.209 e. The largest absolute Gasteiger partial charge is 0.457 e. The van der Waals surface area contributed by atoms with Crippen molar-refractivity contribution in [3.8, 4) is 11.5 Å². The molecule has 2 aliphatic rings. The fourth-order valence-electron chi connectivity index (χ4n) is 4.84. The zero-order valence-electron chi connectivity index (χ0n) is 24.0. The number of carbonyl (C=O) groups excluding carboxylic acids is 1. The molecule has 3 aromatic rings. The lowest BCUT2D eigenvalue weighted by atomic mass is 10.0. The van der Waals surface area contributed by atoms with Crippen molar-refractivity contribution < 1.29 is 9.53 Å². The summed E-state index contributed by atoms with van der Waals surface area (Å²) in [6, 6.07) is 17.7. The molecule has 1 atom stereocenters. The molecule has 2 fully saturated rings. The van der Waals surface area contributed by atoms with Gasteiger partial charge < -0.3 is 20.7 Å². The Balaban J connectivity index is 0.000000328. The molecule has 1 aliphatic carbocycles. The highest BCUT2D eigenvalue weighted by molar-refractivity contribution is 6.16. The second-order valence-electron chi connectivity index (χ2n) is 10.3. The number of anilines is 2. The number of amides is 1. The van der Waals surface area contributed by atoms with Gasteiger partial charge in [0.05, 0.1) is 11.3 Å². The summed E-state index contributed by atoms with van der Waals surface area (Å²) in [5.74, 6) is 2.15. The van der Waals surface area contributed by atoms with E-state index in [0.717, 1.165) is 44.1 Å². The molecule has 2 heterocycles. The first kappa shape index (κ1) is 29.7. The summed E-state index contributed by atoms with van der Waals surface area (Å²) in [6.07, 6.45) is 11.3. The molecular weight excluding hydrogens is 514 g/mol. The molecule has 5 rings (SSSR count). The minimum absolute atomic E-state index is 0.0430. The normalized spacial score (nSPS) is 16.7. The van der Waals surface area contributed by atoms with Crippen molar-refractivity contribution in [3.05, 3.63) is 84.2 Å². The van der Waals surface area contributed by atoms with Crippen LogP contribution in [0.5, 0.6) is 11.5 Å². The highest BCUT2D eigenvalue weighted by Gasteiger charge is 2.26. The fraction of sp³-hybridized carbons (Fsp3) is 0.375. The molecule has 2 aromatic carbocycles. The molecular formula is C32H41N7O2. The molecule has 9 nitrogen and oxygen atoms in total. The van der Waals surface area contributed by atoms with Gasteiger partial charge >= 0.3 is 0 Å². The van der Waals surface area contributed by atoms with Crippen LogP contribution in [0.25, 0.3) is 0 Å². The van der Waals surface area contributed by atoms with Crippen LogP contribution >= 0.6 is 0 Å². The van der Waals surface area contributed by atoms with Crippen LogP contribution in [0.3, 0.4) is 0 Å². The average molecular weight is 556 g/mol. The number of piperidine rings is 1. The van der Waals surface area contributed by atoms with E-state index in [2.05, 4.69) is 46.2 Å². The van der Waals surface area contributed by atoms with E-state index in [0.29, 0.717) is 29.2 Å². The van der Waals surface area contributed by atoms with Crippen LogP contribution in [0.1, 0.15) is 50.7 Å². The van der Waals surface area contributed by atoms with E-state index in [1.807, 2.05) is 54.6 Å². The van der Waals surface area contributed by atoms with Crippen LogP contribution in [-0.4, -0.2) is 70.2 Å². The van der Waals surface area contributed by atoms with Crippen molar-refractivity contribution in [1.29, 1.82) is 5.41 Å². The number of nitrogen functional groups attached to an aromatic ring is 1. The molecule has 0 bridgehead atoms. The SMILES string of the molecule is C/C=C/CN(CC)C1CC1.N=C(c1ccc(Oc2ccccc2)cc1)c1c(N)ncnc1NC1CCCN(C=O)C1. The van der Waals surface area contributed by atoms with Crippen molar-refractivity contribution in [2.75, 3.05) is 37.2 Å². The van der Waals surface area contributed by atoms with Gasteiger partial charge in [-0.05, 0) is 75.5 Å². The molecule has 216 valence electrons. The van der Waals surface area contributed by atoms with E-state index in [1.54, 1.807) is 4.90 Å². The predicted molar refractivity (Wildman–Crippen MR) is 165 cm³/mol. The van der Waals surface area contributed by atoms with Gasteiger partial charge in [-0.3, -0.25) is 15.1 Å². The fourth-order valence-corrected chi connectivity index (χ4v) is 4.84. The second-order valence-corrected chi connectivity index (χ2v) is 10.3. The molecule has 1 unspecified atom stereocenters. The number of nitrogens with two attached hydrogens (primary N) is 1. The van der Waals surface area contributed by atoms with Gasteiger partial charge in [-0.25, -0.2) is 9.97 Å². The quantitative estimate of drug-likeness (QED) is 0.166. The summed E-state index contributed by atoms with van der Waals surface area (Å²) in [4.78, 5) is 23.8. The van der Waals surface area contributed by atoms with Crippen molar-refractivity contribution >= 4 is 23.8 Å². The lowest BCUT2D eigenvalue weighted by Gasteiger charge is -2.31. The Morgan fingerprint density at radius 2 is 1.85 bits per heavy atom. The third-order valence-corrected chi connectivity index (χ3v) is 7.24. The number of hydrogen-bond donors (Lipinski definition) is 3. The first-order chi connectivity index (χ1) is 20.0. The number of allylic oxidation sites excluding steroid dienone is 1. The van der Waals surface area contributed by atoms with Gasteiger partial charge in [0, 0.05) is 37.3 Å². The van der Waals surface area contributed by atoms with Crippen molar-refractivity contribution in [3.63, 3.8) is 0 Å². The summed E-state index contributed by atoms with van der Waals surface area (Å²) in [6.45, 7) is 8.02. The number of carbonyl (C=O) groups is 1. The number of hydrogen-bond acceptors (Lipinski definition) is 8. The summed E-state index contributed by atoms with van der Waals surface area (Å²) < 4.78 is 5.82. The first-order valence-electron chi connectivity index (χ1n) is 14.4. The third-order valence-electron chi connectivity index (χ3n) is 7.24. The minimum Gasteiger partial charge on any atom is -0.457 e. The number of rotatable bonds is 11. The molecule has 1 amide bonds. The molecule has 1 saturated heterocycles. The lowest BCUT2D eigenvalue weighted by Crippen LogP contribution is -2.41. The van der Waals surface area contributed by atoms with Crippen LogP contribution in [0.4, 0.5) is 11.6 Å². The van der Waals surface area contributed by atoms with E-state index in [-0.39, 0.29) is 17.6 Å². The summed E-state index contributed by atoms with van der Waals surface area (Å²) in [5, 5.41) is 12.1. The number of ether oxygens (including phenoxy) is 1. The molecule has 9 heteroatoms. The van der Waals surface area contributed by atoms with Gasteiger partial charge in [-0.1, -0.05) is 37.3 Å². The van der Waals surface area contributed by atoms with Gasteiger partial charge in [-0.2, -0.15) is 0 Å². The zero-order valence-corrected chi connectivity index (χ0v) is 24.0. The zero-order chi connectivity index (χ0) is 29.0. The topological polar surface area (TPSA) is 120 Å². The van der Waals surface area contributed by atoms with Crippen LogP contribution in [0.15, 0.2) is 73.1 Å². The van der Waals surface area contributed by atoms with Gasteiger partial charge in [0.2, 0.25) is 6.41 Å². The molecule has 1 aromatic heterocycles. The Labute approximate surface area is 242 Å². The number of likely N-dealkylation sites (tertiary alicyclic amines) is 1. The Morgan fingerprint density at radius 1 is 1.12 bits per heavy atom. The van der Waals surface area contributed by atoms with Crippen LogP contribution < -0.4 is 15.8 Å². The summed E-state index contributed by atoms with van der Waals surface area (Å²) in [7, 11) is 0. The number of nitrogens with one attached hydrogen (secondary N) is 2. The van der Waals surface area contributed by atoms with Gasteiger partial charge in [0.1, 0.15) is 29.5 Å². The van der Waals surface area contributed by atoms with E-state index in [4.69, 9.17) is 15.9 Å². The Morgan fingerprint density at radius 3 is 2.51 bits per heavy atom. The highest BCUT2D eigenvalue weighted by atomic mass is 16.5. The standard InChI is InChI=1S/C23H24N6O2.C9H17N/c24-21(16-8-10-19(11-9-16)31-18-6-2-1-3-7-18)20-22(25)26-14-27-23(20)28-17-5-4-12-29(13-17)15-30;1-3-5-8-10(4-2)9-6-7-9/h1-3,6-11,14-15,17,24H,4-5,12-13H2,(H3,25,26,27,28);3,5,9H,4,6-8H2,1-2H3/b;5-3+. The van der Waals surface area contributed by atoms with E-state index < -0.39 is 0 Å². The van der Waals surface area contributed by atoms with Gasteiger partial charge in [0.25, 0.3) is 0 Å². The monoisotopic (exact) mass is 555 g/mol. The predicted octanol–water partition coefficient (Wildman–Crippen LogP) is 5.35. The van der Waals surface area contributed by atoms with Crippen molar-refractivity contribution in [2.45, 2.75) is 51.6 Å². The molecule has 41 heavy (non-hydrogen) atoms. The molecule has 0 spiro atoms. The van der Waals surface area contributed by atoms with Crippen LogP contribution in [0.2, 0.25) is 0 Å². The molecule has 1 aliphatic heterocycles. The van der Waals surface area contributed by atoms with E-state index in [1.165, 1.54) is 25.7 Å². The van der Waals surface area contributed by atoms with Gasteiger partial charge in [-0.15, -0.1) is 0 Å². The highest BCUT2D eigenvalue weighted by Crippen LogP contribution is 2.27. The van der Waals surface area contributed by atoms with Gasteiger partial charge in [0.15, 0.2) is 0 Å². The van der Waals surface area contributed by atoms with E-state index >= 15 is 0 Å². The first-order valence-corrected chi connectivity index (χ1v) is 14.4. The minimum atomic E-state index is 0.0430. The van der Waals surface area contributed by atoms with Crippen LogP contribution in [0, 0.1) is 5.41 Å². The summed E-state index contributed by atoms with van der Waals surface area (Å²) in [5.41, 5.74) is 7.46. The maximum absolute atomic E-state index is 11.1. The van der Waals surface area contributed by atoms with Crippen LogP contribution in [-0.2, 0) is 4.79 Å². The number of nitrogens with zero attached hydrogens (tertiary/aromatic N) is 4. The van der Waals surface area contributed by atoms with Crippen molar-refractivity contribution in [2.24, 2.45) is 0 Å². The number of aromatic nitrogens is 2. The summed E-state index contributed by atoms with van der Waals surface area (Å²) >= 11 is 0. The Hall–Kier alpha value is -4.24. The number of para-hydroxylation sites is 1. The third kappa shape index (κ3) is 8.62. The molecule has 1 saturated carbocycles. The molecule has 4 N–H and O–H groups in total. The Bertz CT molecular complexity index is 1290. The van der Waals surface area contributed by atoms with Crippen molar-refractivity contribution in [1.82, 2.24) is 19.8 Å². The maximum Gasteiger partial charge on any atom is 0.209 e. The maximum atomic E-state index is 11.1. The number of likely N-dealkylation sites (N-methyl/N-ethyl adjacent to an activating group) is 1.